The van der Waals surface area contributed by atoms with E-state index in [0.29, 0.717) is 17.5 Å². The summed E-state index contributed by atoms with van der Waals surface area (Å²) in [5.41, 5.74) is 1.81. The Kier molecular flexibility index (Phi) is 4.64. The number of hydrogen-bond acceptors (Lipinski definition) is 2. The molecule has 2 atom stereocenters. The van der Waals surface area contributed by atoms with E-state index in [9.17, 15) is 0 Å². The maximum atomic E-state index is 3.69. The number of rotatable bonds is 3. The third-order valence-corrected chi connectivity index (χ3v) is 3.78. The van der Waals surface area contributed by atoms with Crippen molar-refractivity contribution in [3.8, 4) is 0 Å². The molecule has 2 nitrogen and oxygen atoms in total. The number of piperazine rings is 1. The van der Waals surface area contributed by atoms with Gasteiger partial charge in [-0.15, -0.1) is 0 Å². The van der Waals surface area contributed by atoms with Crippen LogP contribution in [0.2, 0.25) is 0 Å². The summed E-state index contributed by atoms with van der Waals surface area (Å²) in [5, 5.41) is 3.69. The molecule has 0 radical (unpaired) electrons. The molecule has 2 heteroatoms. The average Bonchev–Trinajstić information content (AvgIpc) is 2.33. The molecule has 2 rings (SSSR count). The van der Waals surface area contributed by atoms with E-state index in [0.717, 1.165) is 19.5 Å². The summed E-state index contributed by atoms with van der Waals surface area (Å²) in [4.78, 5) is 2.64. The molecule has 1 N–H and O–H groups in total. The molecule has 0 amide bonds. The van der Waals surface area contributed by atoms with Gasteiger partial charge in [-0.25, -0.2) is 0 Å². The van der Waals surface area contributed by atoms with Gasteiger partial charge in [0.2, 0.25) is 0 Å². The Morgan fingerprint density at radius 1 is 1.21 bits per heavy atom. The maximum Gasteiger partial charge on any atom is 0.0236 e. The Labute approximate surface area is 118 Å². The molecule has 1 saturated heterocycles. The summed E-state index contributed by atoms with van der Waals surface area (Å²) in [6.07, 6.45) is 1.13. The van der Waals surface area contributed by atoms with Crippen molar-refractivity contribution in [2.75, 3.05) is 19.6 Å². The predicted molar refractivity (Wildman–Crippen MR) is 82.4 cm³/mol. The first-order valence-electron chi connectivity index (χ1n) is 7.45. The van der Waals surface area contributed by atoms with E-state index in [1.807, 2.05) is 0 Å². The number of nitrogens with zero attached hydrogens (tertiary/aromatic N) is 1. The molecule has 1 aromatic carbocycles. The highest BCUT2D eigenvalue weighted by atomic mass is 15.2. The summed E-state index contributed by atoms with van der Waals surface area (Å²) in [6.45, 7) is 12.8. The van der Waals surface area contributed by atoms with Gasteiger partial charge in [-0.2, -0.15) is 0 Å². The van der Waals surface area contributed by atoms with E-state index >= 15 is 0 Å². The van der Waals surface area contributed by atoms with E-state index in [1.54, 1.807) is 0 Å². The van der Waals surface area contributed by atoms with Crippen LogP contribution < -0.4 is 5.32 Å². The van der Waals surface area contributed by atoms with E-state index in [2.05, 4.69) is 68.2 Å². The Hall–Kier alpha value is -0.860. The zero-order chi connectivity index (χ0) is 13.9. The zero-order valence-electron chi connectivity index (χ0n) is 12.8. The summed E-state index contributed by atoms with van der Waals surface area (Å²) in [5.74, 6) is 0. The van der Waals surface area contributed by atoms with Gasteiger partial charge in [0.1, 0.15) is 0 Å². The van der Waals surface area contributed by atoms with Crippen molar-refractivity contribution in [1.82, 2.24) is 10.2 Å². The predicted octanol–water partition coefficient (Wildman–Crippen LogP) is 2.94. The minimum atomic E-state index is 0.378. The first kappa shape index (κ1) is 14.5. The lowest BCUT2D eigenvalue weighted by atomic mass is 9.93. The lowest BCUT2D eigenvalue weighted by Crippen LogP contribution is -2.57. The van der Waals surface area contributed by atoms with Crippen LogP contribution in [0.15, 0.2) is 30.3 Å². The van der Waals surface area contributed by atoms with Gasteiger partial charge < -0.3 is 5.32 Å². The molecule has 2 unspecified atom stereocenters. The molecule has 106 valence electrons. The molecule has 1 heterocycles. The van der Waals surface area contributed by atoms with Crippen LogP contribution in [0, 0.1) is 5.41 Å². The third kappa shape index (κ3) is 4.63. The first-order chi connectivity index (χ1) is 8.94. The Balaban J connectivity index is 1.93. The summed E-state index contributed by atoms with van der Waals surface area (Å²) < 4.78 is 0. The lowest BCUT2D eigenvalue weighted by molar-refractivity contribution is 0.0992. The smallest absolute Gasteiger partial charge is 0.0236 e. The van der Waals surface area contributed by atoms with Gasteiger partial charge in [0, 0.05) is 31.7 Å². The van der Waals surface area contributed by atoms with Gasteiger partial charge in [0.25, 0.3) is 0 Å². The second-order valence-corrected chi connectivity index (χ2v) is 7.13. The van der Waals surface area contributed by atoms with Crippen LogP contribution in [0.5, 0.6) is 0 Å². The molecule has 0 aliphatic carbocycles. The van der Waals surface area contributed by atoms with E-state index in [-0.39, 0.29) is 0 Å². The fourth-order valence-corrected chi connectivity index (χ4v) is 2.86. The molecule has 1 aromatic rings. The van der Waals surface area contributed by atoms with E-state index < -0.39 is 0 Å². The summed E-state index contributed by atoms with van der Waals surface area (Å²) >= 11 is 0. The number of nitrogens with one attached hydrogen (secondary N) is 1. The van der Waals surface area contributed by atoms with E-state index in [4.69, 9.17) is 0 Å². The average molecular weight is 260 g/mol. The second kappa shape index (κ2) is 6.06. The van der Waals surface area contributed by atoms with Gasteiger partial charge in [-0.3, -0.25) is 4.90 Å². The molecular formula is C17H28N2. The van der Waals surface area contributed by atoms with Gasteiger partial charge in [0.15, 0.2) is 0 Å². The standard InChI is InChI=1S/C17H28N2/c1-14-11-18-16(10-15-8-6-5-7-9-15)12-19(14)13-17(2,3)4/h5-9,14,16,18H,10-13H2,1-4H3. The van der Waals surface area contributed by atoms with Crippen molar-refractivity contribution in [1.29, 1.82) is 0 Å². The van der Waals surface area contributed by atoms with Crippen LogP contribution >= 0.6 is 0 Å². The van der Waals surface area contributed by atoms with Crippen molar-refractivity contribution >= 4 is 0 Å². The Bertz CT molecular complexity index is 380. The molecular weight excluding hydrogens is 232 g/mol. The number of benzene rings is 1. The highest BCUT2D eigenvalue weighted by molar-refractivity contribution is 5.16. The summed E-state index contributed by atoms with van der Waals surface area (Å²) in [6, 6.07) is 12.0. The molecule has 1 aliphatic heterocycles. The fraction of sp³-hybridized carbons (Fsp3) is 0.647. The van der Waals surface area contributed by atoms with Crippen LogP contribution in [0.3, 0.4) is 0 Å². The fourth-order valence-electron chi connectivity index (χ4n) is 2.86. The first-order valence-corrected chi connectivity index (χ1v) is 7.45. The van der Waals surface area contributed by atoms with Crippen molar-refractivity contribution in [2.45, 2.75) is 46.2 Å². The highest BCUT2D eigenvalue weighted by Crippen LogP contribution is 2.19. The van der Waals surface area contributed by atoms with Gasteiger partial charge in [-0.05, 0) is 24.3 Å². The van der Waals surface area contributed by atoms with Gasteiger partial charge >= 0.3 is 0 Å². The van der Waals surface area contributed by atoms with Crippen LogP contribution in [0.4, 0.5) is 0 Å². The number of hydrogen-bond donors (Lipinski definition) is 1. The maximum absolute atomic E-state index is 3.69. The van der Waals surface area contributed by atoms with Crippen molar-refractivity contribution in [3.63, 3.8) is 0 Å². The minimum Gasteiger partial charge on any atom is -0.311 e. The lowest BCUT2D eigenvalue weighted by Gasteiger charge is -2.42. The largest absolute Gasteiger partial charge is 0.311 e. The second-order valence-electron chi connectivity index (χ2n) is 7.13. The SMILES string of the molecule is CC1CNC(Cc2ccccc2)CN1CC(C)(C)C. The molecule has 1 fully saturated rings. The summed E-state index contributed by atoms with van der Waals surface area (Å²) in [7, 11) is 0. The van der Waals surface area contributed by atoms with Crippen molar-refractivity contribution in [2.24, 2.45) is 5.41 Å². The van der Waals surface area contributed by atoms with Crippen molar-refractivity contribution < 1.29 is 0 Å². The quantitative estimate of drug-likeness (QED) is 0.899. The minimum absolute atomic E-state index is 0.378. The van der Waals surface area contributed by atoms with Crippen LogP contribution in [0.25, 0.3) is 0 Å². The molecule has 0 bridgehead atoms. The van der Waals surface area contributed by atoms with Crippen molar-refractivity contribution in [3.05, 3.63) is 35.9 Å². The van der Waals surface area contributed by atoms with Crippen LogP contribution in [0.1, 0.15) is 33.3 Å². The molecule has 1 aliphatic rings. The third-order valence-electron chi connectivity index (χ3n) is 3.78. The highest BCUT2D eigenvalue weighted by Gasteiger charge is 2.27. The topological polar surface area (TPSA) is 15.3 Å². The van der Waals surface area contributed by atoms with Gasteiger partial charge in [-0.1, -0.05) is 51.1 Å². The Morgan fingerprint density at radius 2 is 1.89 bits per heavy atom. The Morgan fingerprint density at radius 3 is 2.53 bits per heavy atom. The monoisotopic (exact) mass is 260 g/mol. The molecule has 0 aromatic heterocycles. The zero-order valence-corrected chi connectivity index (χ0v) is 12.8. The van der Waals surface area contributed by atoms with Gasteiger partial charge in [0.05, 0.1) is 0 Å². The van der Waals surface area contributed by atoms with E-state index in [1.165, 1.54) is 12.1 Å². The normalized spacial score (nSPS) is 25.5. The van der Waals surface area contributed by atoms with Crippen LogP contribution in [-0.2, 0) is 6.42 Å². The van der Waals surface area contributed by atoms with Crippen LogP contribution in [-0.4, -0.2) is 36.6 Å². The molecule has 0 saturated carbocycles. The molecule has 0 spiro atoms. The molecule has 19 heavy (non-hydrogen) atoms.